The van der Waals surface area contributed by atoms with E-state index in [1.54, 1.807) is 0 Å². The molecule has 5 nitrogen and oxygen atoms in total. The lowest BCUT2D eigenvalue weighted by atomic mass is 10.0. The van der Waals surface area contributed by atoms with E-state index >= 15 is 0 Å². The number of hydrogen-bond donors (Lipinski definition) is 2. The number of hydrogen-bond acceptors (Lipinski definition) is 4. The third-order valence-corrected chi connectivity index (χ3v) is 3.91. The Bertz CT molecular complexity index is 770. The van der Waals surface area contributed by atoms with Crippen molar-refractivity contribution in [3.63, 3.8) is 0 Å². The van der Waals surface area contributed by atoms with Crippen LogP contribution in [0.2, 0.25) is 0 Å². The van der Waals surface area contributed by atoms with Crippen LogP contribution in [-0.2, 0) is 4.79 Å². The van der Waals surface area contributed by atoms with Gasteiger partial charge in [-0.25, -0.2) is 0 Å². The third kappa shape index (κ3) is 3.35. The molecule has 0 saturated heterocycles. The molecule has 6 heteroatoms. The van der Waals surface area contributed by atoms with Crippen LogP contribution in [0.3, 0.4) is 0 Å². The van der Waals surface area contributed by atoms with Crippen LogP contribution in [0.4, 0.5) is 0 Å². The summed E-state index contributed by atoms with van der Waals surface area (Å²) in [6.07, 6.45) is 0. The van der Waals surface area contributed by atoms with Gasteiger partial charge in [0.25, 0.3) is 0 Å². The summed E-state index contributed by atoms with van der Waals surface area (Å²) in [6, 6.07) is 18.1. The van der Waals surface area contributed by atoms with Crippen LogP contribution < -0.4 is 0 Å². The molecule has 110 valence electrons. The van der Waals surface area contributed by atoms with Crippen molar-refractivity contribution in [2.24, 2.45) is 0 Å². The monoisotopic (exact) mass is 311 g/mol. The van der Waals surface area contributed by atoms with E-state index in [0.29, 0.717) is 11.0 Å². The molecule has 3 aromatic rings. The lowest BCUT2D eigenvalue weighted by Gasteiger charge is -2.02. The number of nitrogens with zero attached hydrogens (tertiary/aromatic N) is 2. The summed E-state index contributed by atoms with van der Waals surface area (Å²) in [6.45, 7) is 0. The van der Waals surface area contributed by atoms with Crippen molar-refractivity contribution in [3.8, 4) is 22.5 Å². The van der Waals surface area contributed by atoms with E-state index in [0.717, 1.165) is 28.5 Å². The van der Waals surface area contributed by atoms with Crippen molar-refractivity contribution in [1.82, 2.24) is 15.2 Å². The molecule has 1 heterocycles. The second-order valence-electron chi connectivity index (χ2n) is 4.60. The van der Waals surface area contributed by atoms with Crippen LogP contribution in [0.15, 0.2) is 59.8 Å². The molecule has 0 fully saturated rings. The zero-order valence-electron chi connectivity index (χ0n) is 11.6. The molecule has 2 aromatic carbocycles. The highest BCUT2D eigenvalue weighted by atomic mass is 32.2. The molecule has 2 N–H and O–H groups in total. The average molecular weight is 311 g/mol. The number of thioether (sulfide) groups is 1. The van der Waals surface area contributed by atoms with Crippen LogP contribution in [0, 0.1) is 0 Å². The summed E-state index contributed by atoms with van der Waals surface area (Å²) < 4.78 is 0. The van der Waals surface area contributed by atoms with Crippen molar-refractivity contribution in [2.45, 2.75) is 5.16 Å². The molecule has 0 spiro atoms. The quantitative estimate of drug-likeness (QED) is 0.707. The van der Waals surface area contributed by atoms with E-state index in [1.165, 1.54) is 0 Å². The minimum atomic E-state index is -0.879. The van der Waals surface area contributed by atoms with Gasteiger partial charge in [0, 0.05) is 5.56 Å². The largest absolute Gasteiger partial charge is 0.481 e. The number of benzene rings is 2. The SMILES string of the molecule is O=C(O)CSc1nnc(-c2ccc(-c3ccccc3)cc2)[nH]1. The minimum absolute atomic E-state index is 0.0401. The number of rotatable bonds is 5. The average Bonchev–Trinajstić information content (AvgIpc) is 3.03. The lowest BCUT2D eigenvalue weighted by molar-refractivity contribution is -0.133. The van der Waals surface area contributed by atoms with Crippen molar-refractivity contribution in [2.75, 3.05) is 5.75 Å². The van der Waals surface area contributed by atoms with Gasteiger partial charge in [-0.05, 0) is 11.1 Å². The number of carbonyl (C=O) groups is 1. The van der Waals surface area contributed by atoms with Crippen LogP contribution in [-0.4, -0.2) is 32.0 Å². The fourth-order valence-electron chi connectivity index (χ4n) is 2.02. The first-order valence-corrected chi connectivity index (χ1v) is 7.64. The van der Waals surface area contributed by atoms with Gasteiger partial charge in [0.1, 0.15) is 0 Å². The molecule has 0 saturated carbocycles. The van der Waals surface area contributed by atoms with Crippen LogP contribution in [0.1, 0.15) is 0 Å². The van der Waals surface area contributed by atoms with Crippen molar-refractivity contribution in [1.29, 1.82) is 0 Å². The van der Waals surface area contributed by atoms with E-state index in [2.05, 4.69) is 27.3 Å². The summed E-state index contributed by atoms with van der Waals surface area (Å²) in [5, 5.41) is 17.1. The normalized spacial score (nSPS) is 10.5. The Morgan fingerprint density at radius 1 is 0.955 bits per heavy atom. The van der Waals surface area contributed by atoms with Gasteiger partial charge in [-0.1, -0.05) is 66.4 Å². The maximum absolute atomic E-state index is 10.5. The third-order valence-electron chi connectivity index (χ3n) is 3.06. The number of nitrogens with one attached hydrogen (secondary N) is 1. The molecule has 1 aromatic heterocycles. The summed E-state index contributed by atoms with van der Waals surface area (Å²) in [5.74, 6) is -0.288. The zero-order chi connectivity index (χ0) is 15.4. The second-order valence-corrected chi connectivity index (χ2v) is 5.57. The van der Waals surface area contributed by atoms with Crippen LogP contribution in [0.5, 0.6) is 0 Å². The predicted octanol–water partition coefficient (Wildman–Crippen LogP) is 3.32. The zero-order valence-corrected chi connectivity index (χ0v) is 12.4. The first kappa shape index (κ1) is 14.3. The van der Waals surface area contributed by atoms with E-state index in [4.69, 9.17) is 5.11 Å². The van der Waals surface area contributed by atoms with Gasteiger partial charge in [-0.15, -0.1) is 10.2 Å². The van der Waals surface area contributed by atoms with Crippen molar-refractivity contribution < 1.29 is 9.90 Å². The molecule has 0 bridgehead atoms. The summed E-state index contributed by atoms with van der Waals surface area (Å²) in [4.78, 5) is 13.6. The number of carboxylic acid groups (broad SMARTS) is 1. The second kappa shape index (κ2) is 6.44. The Labute approximate surface area is 131 Å². The highest BCUT2D eigenvalue weighted by Crippen LogP contribution is 2.24. The summed E-state index contributed by atoms with van der Waals surface area (Å²) >= 11 is 1.12. The molecule has 0 radical (unpaired) electrons. The Morgan fingerprint density at radius 3 is 2.27 bits per heavy atom. The number of aromatic nitrogens is 3. The van der Waals surface area contributed by atoms with Gasteiger partial charge in [0.2, 0.25) is 0 Å². The molecule has 0 aliphatic heterocycles. The van der Waals surface area contributed by atoms with E-state index in [9.17, 15) is 4.79 Å². The van der Waals surface area contributed by atoms with Gasteiger partial charge < -0.3 is 10.1 Å². The molecule has 0 atom stereocenters. The van der Waals surface area contributed by atoms with Crippen LogP contribution >= 0.6 is 11.8 Å². The Kier molecular flexibility index (Phi) is 4.20. The van der Waals surface area contributed by atoms with Crippen LogP contribution in [0.25, 0.3) is 22.5 Å². The molecule has 0 amide bonds. The first-order valence-electron chi connectivity index (χ1n) is 6.65. The van der Waals surface area contributed by atoms with Crippen molar-refractivity contribution in [3.05, 3.63) is 54.6 Å². The number of carboxylic acids is 1. The topological polar surface area (TPSA) is 78.9 Å². The number of aromatic amines is 1. The highest BCUT2D eigenvalue weighted by Gasteiger charge is 2.08. The Balaban J connectivity index is 1.77. The molecule has 0 aliphatic carbocycles. The van der Waals surface area contributed by atoms with Gasteiger partial charge in [-0.3, -0.25) is 4.79 Å². The molecule has 0 unspecified atom stereocenters. The fourth-order valence-corrected chi connectivity index (χ4v) is 2.55. The minimum Gasteiger partial charge on any atom is -0.481 e. The summed E-state index contributed by atoms with van der Waals surface area (Å²) in [5.41, 5.74) is 3.20. The van der Waals surface area contributed by atoms with Gasteiger partial charge in [0.15, 0.2) is 11.0 Å². The molecule has 22 heavy (non-hydrogen) atoms. The van der Waals surface area contributed by atoms with Gasteiger partial charge in [0.05, 0.1) is 5.75 Å². The Hall–Kier alpha value is -2.60. The lowest BCUT2D eigenvalue weighted by Crippen LogP contribution is -1.97. The first-order chi connectivity index (χ1) is 10.7. The molecule has 0 aliphatic rings. The van der Waals surface area contributed by atoms with E-state index in [1.807, 2.05) is 42.5 Å². The van der Waals surface area contributed by atoms with E-state index < -0.39 is 5.97 Å². The smallest absolute Gasteiger partial charge is 0.313 e. The fraction of sp³-hybridized carbons (Fsp3) is 0.0625. The maximum atomic E-state index is 10.5. The molecule has 3 rings (SSSR count). The summed E-state index contributed by atoms with van der Waals surface area (Å²) in [7, 11) is 0. The number of H-pyrrole nitrogens is 1. The Morgan fingerprint density at radius 2 is 1.59 bits per heavy atom. The molecular formula is C16H13N3O2S. The van der Waals surface area contributed by atoms with Gasteiger partial charge in [-0.2, -0.15) is 0 Å². The highest BCUT2D eigenvalue weighted by molar-refractivity contribution is 7.99. The van der Waals surface area contributed by atoms with Crippen molar-refractivity contribution >= 4 is 17.7 Å². The maximum Gasteiger partial charge on any atom is 0.313 e. The predicted molar refractivity (Wildman–Crippen MR) is 85.6 cm³/mol. The standard InChI is InChI=1S/C16H13N3O2S/c20-14(21)10-22-16-17-15(18-19-16)13-8-6-12(7-9-13)11-4-2-1-3-5-11/h1-9H,10H2,(H,20,21)(H,17,18,19). The van der Waals surface area contributed by atoms with Gasteiger partial charge >= 0.3 is 5.97 Å². The number of aliphatic carboxylic acids is 1. The van der Waals surface area contributed by atoms with E-state index in [-0.39, 0.29) is 5.75 Å². The molecular weight excluding hydrogens is 298 g/mol.